The lowest BCUT2D eigenvalue weighted by Crippen LogP contribution is -2.30. The predicted molar refractivity (Wildman–Crippen MR) is 137 cm³/mol. The Hall–Kier alpha value is -4.18. The number of benzene rings is 4. The van der Waals surface area contributed by atoms with Gasteiger partial charge in [0, 0.05) is 6.54 Å². The van der Waals surface area contributed by atoms with Crippen LogP contribution in [0.4, 0.5) is 0 Å². The molecule has 0 radical (unpaired) electrons. The van der Waals surface area contributed by atoms with Gasteiger partial charge in [-0.05, 0) is 41.3 Å². The quantitative estimate of drug-likeness (QED) is 0.326. The highest BCUT2D eigenvalue weighted by Gasteiger charge is 2.19. The molecule has 1 aromatic heterocycles. The number of rotatable bonds is 7. The van der Waals surface area contributed by atoms with Gasteiger partial charge in [-0.15, -0.1) is 0 Å². The van der Waals surface area contributed by atoms with Crippen molar-refractivity contribution in [3.05, 3.63) is 126 Å². The van der Waals surface area contributed by atoms with E-state index in [9.17, 15) is 4.79 Å². The molecule has 1 heterocycles. The molecule has 1 unspecified atom stereocenters. The molecule has 0 aliphatic heterocycles. The Labute approximate surface area is 199 Å². The van der Waals surface area contributed by atoms with Gasteiger partial charge >= 0.3 is 0 Å². The second-order valence-electron chi connectivity index (χ2n) is 8.56. The number of carbonyl (C=O) groups excluding carboxylic acids is 1. The summed E-state index contributed by atoms with van der Waals surface area (Å²) in [6.45, 7) is 2.71. The highest BCUT2D eigenvalue weighted by Crippen LogP contribution is 2.23. The topological polar surface area (TPSA) is 46.9 Å². The smallest absolute Gasteiger partial charge is 0.224 e. The molecule has 4 heteroatoms. The van der Waals surface area contributed by atoms with Crippen LogP contribution in [0.5, 0.6) is 0 Å². The Kier molecular flexibility index (Phi) is 6.21. The van der Waals surface area contributed by atoms with Gasteiger partial charge in [0.15, 0.2) is 0 Å². The minimum absolute atomic E-state index is 0.0155. The first kappa shape index (κ1) is 21.7. The molecule has 0 fully saturated rings. The lowest BCUT2D eigenvalue weighted by molar-refractivity contribution is -0.121. The molecule has 0 saturated heterocycles. The number of hydrogen-bond donors (Lipinski definition) is 1. The molecular formula is C30H27N3O. The number of amides is 1. The number of aromatic nitrogens is 2. The Morgan fingerprint density at radius 3 is 2.12 bits per heavy atom. The third kappa shape index (κ3) is 4.76. The maximum Gasteiger partial charge on any atom is 0.224 e. The number of para-hydroxylation sites is 2. The largest absolute Gasteiger partial charge is 0.346 e. The first-order valence-electron chi connectivity index (χ1n) is 11.6. The van der Waals surface area contributed by atoms with Crippen molar-refractivity contribution in [3.63, 3.8) is 0 Å². The van der Waals surface area contributed by atoms with Crippen molar-refractivity contribution in [3.8, 4) is 11.1 Å². The molecule has 0 bridgehead atoms. The molecule has 1 N–H and O–H groups in total. The van der Waals surface area contributed by atoms with E-state index in [0.29, 0.717) is 13.0 Å². The van der Waals surface area contributed by atoms with E-state index in [1.165, 1.54) is 11.1 Å². The van der Waals surface area contributed by atoms with Crippen molar-refractivity contribution in [1.82, 2.24) is 14.9 Å². The molecular weight excluding hydrogens is 418 g/mol. The summed E-state index contributed by atoms with van der Waals surface area (Å²) in [6, 6.07) is 36.7. The van der Waals surface area contributed by atoms with Crippen LogP contribution < -0.4 is 5.32 Å². The number of carbonyl (C=O) groups is 1. The van der Waals surface area contributed by atoms with Crippen molar-refractivity contribution in [1.29, 1.82) is 0 Å². The number of fused-ring (bicyclic) bond motifs is 1. The van der Waals surface area contributed by atoms with Crippen LogP contribution in [0.2, 0.25) is 0 Å². The average molecular weight is 446 g/mol. The average Bonchev–Trinajstić information content (AvgIpc) is 3.24. The van der Waals surface area contributed by atoms with E-state index >= 15 is 0 Å². The highest BCUT2D eigenvalue weighted by atomic mass is 16.1. The maximum atomic E-state index is 12.9. The van der Waals surface area contributed by atoms with E-state index in [4.69, 9.17) is 4.98 Å². The minimum atomic E-state index is -0.216. The summed E-state index contributed by atoms with van der Waals surface area (Å²) in [7, 11) is 0. The summed E-state index contributed by atoms with van der Waals surface area (Å²) in [4.78, 5) is 17.8. The van der Waals surface area contributed by atoms with Crippen LogP contribution in [0.15, 0.2) is 109 Å². The van der Waals surface area contributed by atoms with Crippen molar-refractivity contribution in [2.45, 2.75) is 25.9 Å². The normalized spacial score (nSPS) is 11.9. The second-order valence-corrected chi connectivity index (χ2v) is 8.56. The molecule has 5 aromatic rings. The van der Waals surface area contributed by atoms with Crippen LogP contribution in [0.1, 0.15) is 29.9 Å². The second kappa shape index (κ2) is 9.75. The summed E-state index contributed by atoms with van der Waals surface area (Å²) >= 11 is 0. The molecule has 4 aromatic carbocycles. The third-order valence-electron chi connectivity index (χ3n) is 6.06. The van der Waals surface area contributed by atoms with E-state index in [0.717, 1.165) is 28.0 Å². The summed E-state index contributed by atoms with van der Waals surface area (Å²) < 4.78 is 2.20. The Morgan fingerprint density at radius 1 is 0.765 bits per heavy atom. The van der Waals surface area contributed by atoms with Gasteiger partial charge < -0.3 is 9.88 Å². The maximum absolute atomic E-state index is 12.9. The van der Waals surface area contributed by atoms with Crippen LogP contribution in [0.25, 0.3) is 22.2 Å². The van der Waals surface area contributed by atoms with E-state index in [2.05, 4.69) is 52.3 Å². The summed E-state index contributed by atoms with van der Waals surface area (Å²) in [6.07, 6.45) is 0.332. The van der Waals surface area contributed by atoms with Crippen molar-refractivity contribution in [2.24, 2.45) is 0 Å². The van der Waals surface area contributed by atoms with Crippen molar-refractivity contribution >= 4 is 16.9 Å². The Bertz CT molecular complexity index is 1390. The Balaban J connectivity index is 1.32. The van der Waals surface area contributed by atoms with Crippen molar-refractivity contribution in [2.75, 3.05) is 0 Å². The molecule has 0 spiro atoms. The first-order chi connectivity index (χ1) is 16.7. The Morgan fingerprint density at radius 2 is 1.38 bits per heavy atom. The van der Waals surface area contributed by atoms with E-state index in [1.807, 2.05) is 73.7 Å². The van der Waals surface area contributed by atoms with Gasteiger partial charge in [-0.2, -0.15) is 0 Å². The monoisotopic (exact) mass is 445 g/mol. The van der Waals surface area contributed by atoms with Crippen LogP contribution >= 0.6 is 0 Å². The first-order valence-corrected chi connectivity index (χ1v) is 11.6. The van der Waals surface area contributed by atoms with Gasteiger partial charge in [-0.25, -0.2) is 4.98 Å². The van der Waals surface area contributed by atoms with Crippen LogP contribution in [0, 0.1) is 0 Å². The summed E-state index contributed by atoms with van der Waals surface area (Å²) in [5, 5.41) is 3.16. The SMILES string of the molecule is CC(NC(=O)Cc1ccc(-c2ccccc2)cc1)c1nc2ccccc2n1Cc1ccccc1. The lowest BCUT2D eigenvalue weighted by atomic mass is 10.0. The molecule has 5 rings (SSSR count). The van der Waals surface area contributed by atoms with E-state index in [-0.39, 0.29) is 11.9 Å². The zero-order valence-electron chi connectivity index (χ0n) is 19.2. The van der Waals surface area contributed by atoms with Gasteiger partial charge in [0.2, 0.25) is 5.91 Å². The molecule has 0 saturated carbocycles. The molecule has 0 aliphatic rings. The lowest BCUT2D eigenvalue weighted by Gasteiger charge is -2.17. The summed E-state index contributed by atoms with van der Waals surface area (Å²) in [5.41, 5.74) is 6.51. The molecule has 168 valence electrons. The van der Waals surface area contributed by atoms with Gasteiger partial charge in [-0.3, -0.25) is 4.79 Å². The van der Waals surface area contributed by atoms with Crippen LogP contribution in [-0.2, 0) is 17.8 Å². The molecule has 34 heavy (non-hydrogen) atoms. The van der Waals surface area contributed by atoms with Crippen LogP contribution in [0.3, 0.4) is 0 Å². The zero-order valence-corrected chi connectivity index (χ0v) is 19.2. The van der Waals surface area contributed by atoms with Gasteiger partial charge in [0.1, 0.15) is 5.82 Å². The number of nitrogens with zero attached hydrogens (tertiary/aromatic N) is 2. The summed E-state index contributed by atoms with van der Waals surface area (Å²) in [5.74, 6) is 0.844. The third-order valence-corrected chi connectivity index (χ3v) is 6.06. The van der Waals surface area contributed by atoms with Gasteiger partial charge in [0.05, 0.1) is 23.5 Å². The van der Waals surface area contributed by atoms with Crippen molar-refractivity contribution < 1.29 is 4.79 Å². The van der Waals surface area contributed by atoms with Gasteiger partial charge in [-0.1, -0.05) is 97.1 Å². The number of nitrogens with one attached hydrogen (secondary N) is 1. The standard InChI is InChI=1S/C30H27N3O/c1-22(31-29(34)20-23-16-18-26(19-17-23)25-12-6-3-7-13-25)30-32-27-14-8-9-15-28(27)33(30)21-24-10-4-2-5-11-24/h2-19,22H,20-21H2,1H3,(H,31,34). The highest BCUT2D eigenvalue weighted by molar-refractivity contribution is 5.80. The fourth-order valence-electron chi connectivity index (χ4n) is 4.34. The van der Waals surface area contributed by atoms with Crippen LogP contribution in [-0.4, -0.2) is 15.5 Å². The minimum Gasteiger partial charge on any atom is -0.346 e. The number of imidazole rings is 1. The van der Waals surface area contributed by atoms with E-state index < -0.39 is 0 Å². The molecule has 1 atom stereocenters. The fraction of sp³-hybridized carbons (Fsp3) is 0.133. The van der Waals surface area contributed by atoms with E-state index in [1.54, 1.807) is 0 Å². The fourth-order valence-corrected chi connectivity index (χ4v) is 4.34. The molecule has 0 aliphatic carbocycles. The van der Waals surface area contributed by atoms with Gasteiger partial charge in [0.25, 0.3) is 0 Å². The molecule has 4 nitrogen and oxygen atoms in total. The zero-order chi connectivity index (χ0) is 23.3. The predicted octanol–water partition coefficient (Wildman–Crippen LogP) is 6.17. The molecule has 1 amide bonds. The number of hydrogen-bond acceptors (Lipinski definition) is 2.